The number of carbonyl (C=O) groups is 1. The second-order valence-corrected chi connectivity index (χ2v) is 6.77. The van der Waals surface area contributed by atoms with Gasteiger partial charge in [0.1, 0.15) is 11.6 Å². The Morgan fingerprint density at radius 3 is 2.38 bits per heavy atom. The van der Waals surface area contributed by atoms with Gasteiger partial charge < -0.3 is 15.8 Å². The molecule has 7 nitrogen and oxygen atoms in total. The summed E-state index contributed by atoms with van der Waals surface area (Å²) in [6, 6.07) is 17.4. The zero-order valence-corrected chi connectivity index (χ0v) is 16.5. The van der Waals surface area contributed by atoms with E-state index in [-0.39, 0.29) is 22.7 Å². The summed E-state index contributed by atoms with van der Waals surface area (Å²) in [5, 5.41) is 10.7. The molecule has 0 fully saturated rings. The third kappa shape index (κ3) is 4.36. The van der Waals surface area contributed by atoms with Crippen LogP contribution in [0, 0.1) is 17.0 Å². The van der Waals surface area contributed by atoms with Crippen LogP contribution in [0.5, 0.6) is 0 Å². The third-order valence-corrected chi connectivity index (χ3v) is 4.62. The Balaban J connectivity index is 1.69. The standard InChI is InChI=1S/C23H17F2N5O2/c24-14-11-9-13(10-12-14)20(26)32-23(27)30-21-22(31)28-18-8-4-2-6-16(18)19(29-21)15-5-1-3-7-17(15)25/h1-12,21,26H,(H2,27,30)(H,28,31). The van der Waals surface area contributed by atoms with Crippen molar-refractivity contribution in [1.29, 1.82) is 5.41 Å². The predicted octanol–water partition coefficient (Wildman–Crippen LogP) is 3.44. The van der Waals surface area contributed by atoms with Gasteiger partial charge in [0.05, 0.1) is 11.4 Å². The van der Waals surface area contributed by atoms with E-state index in [9.17, 15) is 13.6 Å². The van der Waals surface area contributed by atoms with Crippen molar-refractivity contribution in [3.05, 3.63) is 101 Å². The number of halogens is 2. The molecule has 0 spiro atoms. The number of nitrogens with zero attached hydrogens (tertiary/aromatic N) is 2. The van der Waals surface area contributed by atoms with Crippen LogP contribution in [-0.4, -0.2) is 29.7 Å². The molecule has 4 rings (SSSR count). The van der Waals surface area contributed by atoms with Gasteiger partial charge >= 0.3 is 0 Å². The minimum absolute atomic E-state index is 0.190. The molecular weight excluding hydrogens is 416 g/mol. The molecule has 32 heavy (non-hydrogen) atoms. The van der Waals surface area contributed by atoms with E-state index in [1.807, 2.05) is 0 Å². The third-order valence-electron chi connectivity index (χ3n) is 4.62. The van der Waals surface area contributed by atoms with E-state index < -0.39 is 29.7 Å². The van der Waals surface area contributed by atoms with E-state index in [0.717, 1.165) is 0 Å². The molecule has 0 saturated heterocycles. The fourth-order valence-corrected chi connectivity index (χ4v) is 3.11. The molecule has 160 valence electrons. The summed E-state index contributed by atoms with van der Waals surface area (Å²) < 4.78 is 32.8. The van der Waals surface area contributed by atoms with Crippen molar-refractivity contribution in [2.75, 3.05) is 5.32 Å². The first-order chi connectivity index (χ1) is 15.4. The number of fused-ring (bicyclic) bond motifs is 1. The van der Waals surface area contributed by atoms with Gasteiger partial charge in [0.25, 0.3) is 11.9 Å². The van der Waals surface area contributed by atoms with E-state index in [4.69, 9.17) is 15.9 Å². The minimum atomic E-state index is -1.39. The quantitative estimate of drug-likeness (QED) is 0.434. The summed E-state index contributed by atoms with van der Waals surface area (Å²) in [6.07, 6.45) is -1.39. The summed E-state index contributed by atoms with van der Waals surface area (Å²) in [5.74, 6) is -1.97. The van der Waals surface area contributed by atoms with Crippen molar-refractivity contribution in [3.8, 4) is 0 Å². The smallest absolute Gasteiger partial charge is 0.291 e. The van der Waals surface area contributed by atoms with Gasteiger partial charge in [0, 0.05) is 16.7 Å². The SMILES string of the molecule is N=C(O/C(N)=N/C1N=C(c2ccccc2F)c2ccccc2NC1=O)c1ccc(F)cc1. The van der Waals surface area contributed by atoms with Crippen molar-refractivity contribution in [3.63, 3.8) is 0 Å². The van der Waals surface area contributed by atoms with Gasteiger partial charge in [-0.15, -0.1) is 0 Å². The molecule has 1 aliphatic rings. The first-order valence-electron chi connectivity index (χ1n) is 9.51. The number of para-hydroxylation sites is 1. The molecular formula is C23H17F2N5O2. The van der Waals surface area contributed by atoms with Crippen molar-refractivity contribution >= 4 is 29.2 Å². The maximum Gasteiger partial charge on any atom is 0.291 e. The number of aliphatic imine (C=N–C) groups is 2. The second kappa shape index (κ2) is 8.76. The Morgan fingerprint density at radius 2 is 1.66 bits per heavy atom. The molecule has 1 heterocycles. The number of nitrogens with one attached hydrogen (secondary N) is 2. The lowest BCUT2D eigenvalue weighted by atomic mass is 10.0. The first kappa shape index (κ1) is 20.9. The molecule has 1 amide bonds. The summed E-state index contributed by atoms with van der Waals surface area (Å²) in [4.78, 5) is 21.1. The highest BCUT2D eigenvalue weighted by molar-refractivity contribution is 6.19. The maximum absolute atomic E-state index is 14.5. The molecule has 0 saturated carbocycles. The van der Waals surface area contributed by atoms with Gasteiger partial charge in [-0.3, -0.25) is 10.2 Å². The van der Waals surface area contributed by atoms with E-state index in [1.165, 1.54) is 30.3 Å². The van der Waals surface area contributed by atoms with Crippen LogP contribution >= 0.6 is 0 Å². The molecule has 0 aromatic heterocycles. The number of hydrogen-bond donors (Lipinski definition) is 3. The Hall–Kier alpha value is -4.40. The molecule has 1 aliphatic heterocycles. The van der Waals surface area contributed by atoms with Crippen molar-refractivity contribution in [2.24, 2.45) is 15.7 Å². The van der Waals surface area contributed by atoms with Gasteiger partial charge in [-0.25, -0.2) is 13.8 Å². The van der Waals surface area contributed by atoms with Crippen LogP contribution < -0.4 is 11.1 Å². The minimum Gasteiger partial charge on any atom is -0.407 e. The number of nitrogens with two attached hydrogens (primary N) is 1. The van der Waals surface area contributed by atoms with Crippen LogP contribution in [0.1, 0.15) is 16.7 Å². The van der Waals surface area contributed by atoms with Gasteiger partial charge in [-0.1, -0.05) is 30.3 Å². The second-order valence-electron chi connectivity index (χ2n) is 6.77. The van der Waals surface area contributed by atoms with Gasteiger partial charge in [-0.05, 0) is 42.5 Å². The average Bonchev–Trinajstić information content (AvgIpc) is 2.91. The van der Waals surface area contributed by atoms with E-state index in [2.05, 4.69) is 15.3 Å². The summed E-state index contributed by atoms with van der Waals surface area (Å²) in [6.45, 7) is 0. The van der Waals surface area contributed by atoms with Gasteiger partial charge in [-0.2, -0.15) is 4.99 Å². The molecule has 1 unspecified atom stereocenters. The average molecular weight is 433 g/mol. The number of anilines is 1. The molecule has 0 bridgehead atoms. The zero-order valence-electron chi connectivity index (χ0n) is 16.5. The van der Waals surface area contributed by atoms with Crippen LogP contribution in [-0.2, 0) is 9.53 Å². The van der Waals surface area contributed by atoms with Gasteiger partial charge in [0.15, 0.2) is 0 Å². The Bertz CT molecular complexity index is 1260. The summed E-state index contributed by atoms with van der Waals surface area (Å²) in [7, 11) is 0. The highest BCUT2D eigenvalue weighted by Crippen LogP contribution is 2.25. The Labute approximate surface area is 181 Å². The first-order valence-corrected chi connectivity index (χ1v) is 9.51. The largest absolute Gasteiger partial charge is 0.407 e. The number of rotatable bonds is 3. The highest BCUT2D eigenvalue weighted by Gasteiger charge is 2.27. The lowest BCUT2D eigenvalue weighted by Crippen LogP contribution is -2.29. The molecule has 4 N–H and O–H groups in total. The predicted molar refractivity (Wildman–Crippen MR) is 117 cm³/mol. The van der Waals surface area contributed by atoms with E-state index >= 15 is 0 Å². The number of ether oxygens (including phenoxy) is 1. The lowest BCUT2D eigenvalue weighted by Gasteiger charge is -2.10. The van der Waals surface area contributed by atoms with Crippen LogP contribution in [0.15, 0.2) is 82.8 Å². The number of hydrogen-bond acceptors (Lipinski definition) is 5. The van der Waals surface area contributed by atoms with Crippen LogP contribution in [0.4, 0.5) is 14.5 Å². The molecule has 3 aromatic rings. The maximum atomic E-state index is 14.5. The number of benzodiazepines with no additional fused rings is 1. The van der Waals surface area contributed by atoms with Crippen molar-refractivity contribution in [1.82, 2.24) is 0 Å². The van der Waals surface area contributed by atoms with Gasteiger partial charge in [0.2, 0.25) is 12.1 Å². The van der Waals surface area contributed by atoms with Crippen molar-refractivity contribution < 1.29 is 18.3 Å². The molecule has 0 radical (unpaired) electrons. The highest BCUT2D eigenvalue weighted by atomic mass is 19.1. The number of benzene rings is 3. The fourth-order valence-electron chi connectivity index (χ4n) is 3.11. The lowest BCUT2D eigenvalue weighted by molar-refractivity contribution is -0.117. The van der Waals surface area contributed by atoms with Crippen LogP contribution in [0.25, 0.3) is 0 Å². The number of amides is 1. The topological polar surface area (TPSA) is 113 Å². The zero-order chi connectivity index (χ0) is 22.7. The van der Waals surface area contributed by atoms with E-state index in [0.29, 0.717) is 11.3 Å². The number of amidine groups is 1. The molecule has 0 aliphatic carbocycles. The summed E-state index contributed by atoms with van der Waals surface area (Å²) in [5.41, 5.74) is 7.42. The molecule has 3 aromatic carbocycles. The normalized spacial score (nSPS) is 15.8. The summed E-state index contributed by atoms with van der Waals surface area (Å²) >= 11 is 0. The Kier molecular flexibility index (Phi) is 5.71. The van der Waals surface area contributed by atoms with Crippen molar-refractivity contribution in [2.45, 2.75) is 6.17 Å². The Morgan fingerprint density at radius 1 is 1.00 bits per heavy atom. The van der Waals surface area contributed by atoms with E-state index in [1.54, 1.807) is 42.5 Å². The van der Waals surface area contributed by atoms with Crippen LogP contribution in [0.2, 0.25) is 0 Å². The molecule has 1 atom stereocenters. The fraction of sp³-hybridized carbons (Fsp3) is 0.0435. The molecule has 9 heteroatoms. The van der Waals surface area contributed by atoms with Crippen LogP contribution in [0.3, 0.4) is 0 Å². The monoisotopic (exact) mass is 433 g/mol. The number of carbonyl (C=O) groups excluding carboxylic acids is 1.